The van der Waals surface area contributed by atoms with E-state index in [-0.39, 0.29) is 0 Å². The molecule has 1 aliphatic rings. The SMILES string of the molecule is Cc1ccc2c(c1)N(C)CC=N2. The Morgan fingerprint density at radius 1 is 1.42 bits per heavy atom. The van der Waals surface area contributed by atoms with Crippen LogP contribution in [0.4, 0.5) is 11.4 Å². The molecule has 0 aromatic heterocycles. The van der Waals surface area contributed by atoms with E-state index in [1.165, 1.54) is 11.3 Å². The highest BCUT2D eigenvalue weighted by Gasteiger charge is 2.09. The van der Waals surface area contributed by atoms with Crippen molar-refractivity contribution in [1.29, 1.82) is 0 Å². The van der Waals surface area contributed by atoms with Crippen LogP contribution >= 0.6 is 0 Å². The largest absolute Gasteiger partial charge is 0.368 e. The van der Waals surface area contributed by atoms with Crippen molar-refractivity contribution in [3.05, 3.63) is 23.8 Å². The Hall–Kier alpha value is -1.31. The fourth-order valence-corrected chi connectivity index (χ4v) is 1.41. The van der Waals surface area contributed by atoms with E-state index in [0.29, 0.717) is 0 Å². The molecule has 2 rings (SSSR count). The van der Waals surface area contributed by atoms with Gasteiger partial charge >= 0.3 is 0 Å². The topological polar surface area (TPSA) is 15.6 Å². The lowest BCUT2D eigenvalue weighted by atomic mass is 10.1. The molecule has 0 atom stereocenters. The molecule has 0 unspecified atom stereocenters. The average Bonchev–Trinajstić information content (AvgIpc) is 2.07. The van der Waals surface area contributed by atoms with E-state index in [0.717, 1.165) is 12.2 Å². The first kappa shape index (κ1) is 7.35. The highest BCUT2D eigenvalue weighted by atomic mass is 15.1. The van der Waals surface area contributed by atoms with Crippen LogP contribution in [0.15, 0.2) is 23.2 Å². The molecule has 0 saturated carbocycles. The van der Waals surface area contributed by atoms with Crippen LogP contribution in [0.3, 0.4) is 0 Å². The Kier molecular flexibility index (Phi) is 1.61. The molecule has 1 aromatic carbocycles. The molecule has 1 aromatic rings. The summed E-state index contributed by atoms with van der Waals surface area (Å²) in [7, 11) is 2.09. The van der Waals surface area contributed by atoms with E-state index in [1.807, 2.05) is 6.21 Å². The molecule has 62 valence electrons. The van der Waals surface area contributed by atoms with Crippen LogP contribution in [-0.4, -0.2) is 19.8 Å². The van der Waals surface area contributed by atoms with Gasteiger partial charge in [-0.05, 0) is 24.6 Å². The lowest BCUT2D eigenvalue weighted by molar-refractivity contribution is 1.05. The molecule has 0 radical (unpaired) electrons. The van der Waals surface area contributed by atoms with Gasteiger partial charge < -0.3 is 4.90 Å². The monoisotopic (exact) mass is 160 g/mol. The fourth-order valence-electron chi connectivity index (χ4n) is 1.41. The Morgan fingerprint density at radius 2 is 2.25 bits per heavy atom. The summed E-state index contributed by atoms with van der Waals surface area (Å²) in [5, 5.41) is 0. The number of nitrogens with zero attached hydrogens (tertiary/aromatic N) is 2. The average molecular weight is 160 g/mol. The van der Waals surface area contributed by atoms with Crippen LogP contribution < -0.4 is 4.90 Å². The Balaban J connectivity index is 2.56. The highest BCUT2D eigenvalue weighted by molar-refractivity contribution is 5.81. The lowest BCUT2D eigenvalue weighted by Gasteiger charge is -2.22. The molecule has 0 fully saturated rings. The van der Waals surface area contributed by atoms with Gasteiger partial charge in [-0.15, -0.1) is 0 Å². The van der Waals surface area contributed by atoms with Crippen molar-refractivity contribution in [3.8, 4) is 0 Å². The van der Waals surface area contributed by atoms with E-state index < -0.39 is 0 Å². The third-order valence-corrected chi connectivity index (χ3v) is 2.13. The van der Waals surface area contributed by atoms with Gasteiger partial charge in [0, 0.05) is 13.3 Å². The molecule has 1 heterocycles. The number of hydrogen-bond acceptors (Lipinski definition) is 2. The number of rotatable bonds is 0. The smallest absolute Gasteiger partial charge is 0.0860 e. The first-order valence-corrected chi connectivity index (χ1v) is 4.12. The second-order valence-electron chi connectivity index (χ2n) is 3.18. The van der Waals surface area contributed by atoms with Gasteiger partial charge in [-0.3, -0.25) is 4.99 Å². The molecule has 2 heteroatoms. The molecule has 12 heavy (non-hydrogen) atoms. The highest BCUT2D eigenvalue weighted by Crippen LogP contribution is 2.30. The molecule has 0 saturated heterocycles. The van der Waals surface area contributed by atoms with Crippen molar-refractivity contribution in [2.75, 3.05) is 18.5 Å². The maximum absolute atomic E-state index is 4.32. The van der Waals surface area contributed by atoms with Gasteiger partial charge in [-0.1, -0.05) is 6.07 Å². The Bertz CT molecular complexity index is 329. The van der Waals surface area contributed by atoms with Crippen molar-refractivity contribution in [2.24, 2.45) is 4.99 Å². The first-order chi connectivity index (χ1) is 5.77. The van der Waals surface area contributed by atoms with Crippen LogP contribution in [-0.2, 0) is 0 Å². The third-order valence-electron chi connectivity index (χ3n) is 2.13. The zero-order valence-corrected chi connectivity index (χ0v) is 7.41. The lowest BCUT2D eigenvalue weighted by Crippen LogP contribution is -2.21. The number of hydrogen-bond donors (Lipinski definition) is 0. The number of aliphatic imine (C=N–C) groups is 1. The first-order valence-electron chi connectivity index (χ1n) is 4.12. The van der Waals surface area contributed by atoms with E-state index >= 15 is 0 Å². The summed E-state index contributed by atoms with van der Waals surface area (Å²) in [6, 6.07) is 6.33. The molecule has 0 N–H and O–H groups in total. The molecule has 0 aliphatic carbocycles. The summed E-state index contributed by atoms with van der Waals surface area (Å²) in [6.45, 7) is 3.02. The van der Waals surface area contributed by atoms with Crippen LogP contribution in [0.2, 0.25) is 0 Å². The quantitative estimate of drug-likeness (QED) is 0.567. The zero-order chi connectivity index (χ0) is 8.55. The maximum atomic E-state index is 4.32. The van der Waals surface area contributed by atoms with E-state index in [9.17, 15) is 0 Å². The molecular formula is C10H12N2. The summed E-state index contributed by atoms with van der Waals surface area (Å²) >= 11 is 0. The minimum absolute atomic E-state index is 0.913. The van der Waals surface area contributed by atoms with Gasteiger partial charge in [0.25, 0.3) is 0 Å². The van der Waals surface area contributed by atoms with Crippen molar-refractivity contribution in [3.63, 3.8) is 0 Å². The minimum Gasteiger partial charge on any atom is -0.368 e. The Morgan fingerprint density at radius 3 is 3.08 bits per heavy atom. The minimum atomic E-state index is 0.913. The standard InChI is InChI=1S/C10H12N2/c1-8-3-4-9-10(7-8)12(2)6-5-11-9/h3-5,7H,6H2,1-2H3. The zero-order valence-electron chi connectivity index (χ0n) is 7.41. The van der Waals surface area contributed by atoms with Gasteiger partial charge in [0.1, 0.15) is 0 Å². The molecule has 1 aliphatic heterocycles. The molecular weight excluding hydrogens is 148 g/mol. The normalized spacial score (nSPS) is 14.7. The second-order valence-corrected chi connectivity index (χ2v) is 3.18. The van der Waals surface area contributed by atoms with Crippen LogP contribution in [0.5, 0.6) is 0 Å². The van der Waals surface area contributed by atoms with Crippen LogP contribution in [0.1, 0.15) is 5.56 Å². The summed E-state index contributed by atoms with van der Waals surface area (Å²) in [6.07, 6.45) is 1.94. The summed E-state index contributed by atoms with van der Waals surface area (Å²) in [5.74, 6) is 0. The van der Waals surface area contributed by atoms with Crippen molar-refractivity contribution < 1.29 is 0 Å². The summed E-state index contributed by atoms with van der Waals surface area (Å²) in [5.41, 5.74) is 3.60. The van der Waals surface area contributed by atoms with E-state index in [4.69, 9.17) is 0 Å². The van der Waals surface area contributed by atoms with Crippen molar-refractivity contribution in [2.45, 2.75) is 6.92 Å². The van der Waals surface area contributed by atoms with Crippen molar-refractivity contribution in [1.82, 2.24) is 0 Å². The Labute approximate surface area is 72.5 Å². The molecule has 0 bridgehead atoms. The molecule has 0 amide bonds. The fraction of sp³-hybridized carbons (Fsp3) is 0.300. The summed E-state index contributed by atoms with van der Waals surface area (Å²) in [4.78, 5) is 6.52. The van der Waals surface area contributed by atoms with Gasteiger partial charge in [-0.25, -0.2) is 0 Å². The number of fused-ring (bicyclic) bond motifs is 1. The predicted molar refractivity (Wildman–Crippen MR) is 52.6 cm³/mol. The predicted octanol–water partition coefficient (Wildman–Crippen LogP) is 2.15. The number of aryl methyl sites for hydroxylation is 1. The molecule has 0 spiro atoms. The van der Waals surface area contributed by atoms with Gasteiger partial charge in [0.05, 0.1) is 17.9 Å². The maximum Gasteiger partial charge on any atom is 0.0860 e. The third kappa shape index (κ3) is 1.09. The molecule has 2 nitrogen and oxygen atoms in total. The van der Waals surface area contributed by atoms with Crippen LogP contribution in [0.25, 0.3) is 0 Å². The number of benzene rings is 1. The number of anilines is 1. The van der Waals surface area contributed by atoms with Crippen molar-refractivity contribution >= 4 is 17.6 Å². The summed E-state index contributed by atoms with van der Waals surface area (Å²) < 4.78 is 0. The van der Waals surface area contributed by atoms with E-state index in [1.54, 1.807) is 0 Å². The van der Waals surface area contributed by atoms with Crippen LogP contribution in [0, 0.1) is 6.92 Å². The van der Waals surface area contributed by atoms with E-state index in [2.05, 4.69) is 42.1 Å². The van der Waals surface area contributed by atoms with Gasteiger partial charge in [0.2, 0.25) is 0 Å². The second kappa shape index (κ2) is 2.63. The van der Waals surface area contributed by atoms with Gasteiger partial charge in [0.15, 0.2) is 0 Å². The van der Waals surface area contributed by atoms with Gasteiger partial charge in [-0.2, -0.15) is 0 Å².